The number of nitrogens with one attached hydrogen (secondary N) is 1. The Morgan fingerprint density at radius 3 is 2.57 bits per heavy atom. The summed E-state index contributed by atoms with van der Waals surface area (Å²) >= 11 is 7.45. The van der Waals surface area contributed by atoms with E-state index < -0.39 is 0 Å². The first-order valence-corrected chi connectivity index (χ1v) is 8.03. The molecule has 1 aromatic carbocycles. The van der Waals surface area contributed by atoms with E-state index in [0.29, 0.717) is 16.7 Å². The summed E-state index contributed by atoms with van der Waals surface area (Å²) in [5.41, 5.74) is 0. The fourth-order valence-electron chi connectivity index (χ4n) is 1.93. The van der Waals surface area contributed by atoms with Crippen LogP contribution in [0.25, 0.3) is 0 Å². The average molecular weight is 324 g/mol. The molecule has 1 aromatic heterocycles. The lowest BCUT2D eigenvalue weighted by Crippen LogP contribution is -2.34. The minimum atomic E-state index is -0.128. The minimum Gasteiger partial charge on any atom is -0.484 e. The zero-order chi connectivity index (χ0) is 15.2. The Labute approximate surface area is 133 Å². The van der Waals surface area contributed by atoms with Crippen molar-refractivity contribution in [3.05, 3.63) is 51.7 Å². The molecule has 0 bridgehead atoms. The maximum atomic E-state index is 12.0. The highest BCUT2D eigenvalue weighted by atomic mass is 35.5. The molecule has 1 N–H and O–H groups in total. The molecule has 0 aliphatic rings. The molecule has 3 nitrogen and oxygen atoms in total. The van der Waals surface area contributed by atoms with E-state index in [9.17, 15) is 4.79 Å². The molecule has 1 atom stereocenters. The smallest absolute Gasteiger partial charge is 0.258 e. The predicted molar refractivity (Wildman–Crippen MR) is 87.0 cm³/mol. The van der Waals surface area contributed by atoms with Crippen LogP contribution in [0, 0.1) is 5.92 Å². The van der Waals surface area contributed by atoms with Crippen molar-refractivity contribution in [3.8, 4) is 5.75 Å². The van der Waals surface area contributed by atoms with Gasteiger partial charge in [-0.15, -0.1) is 11.3 Å². The number of thiophene rings is 1. The topological polar surface area (TPSA) is 38.3 Å². The molecule has 0 spiro atoms. The van der Waals surface area contributed by atoms with Crippen LogP contribution in [0.15, 0.2) is 41.8 Å². The van der Waals surface area contributed by atoms with Gasteiger partial charge in [-0.05, 0) is 41.6 Å². The number of hydrogen-bond acceptors (Lipinski definition) is 3. The quantitative estimate of drug-likeness (QED) is 0.861. The second-order valence-corrected chi connectivity index (χ2v) is 6.46. The third kappa shape index (κ3) is 4.76. The fourth-order valence-corrected chi connectivity index (χ4v) is 3.00. The van der Waals surface area contributed by atoms with Crippen molar-refractivity contribution in [1.29, 1.82) is 0 Å². The molecule has 0 unspecified atom stereocenters. The summed E-state index contributed by atoms with van der Waals surface area (Å²) < 4.78 is 5.45. The predicted octanol–water partition coefficient (Wildman–Crippen LogP) is 4.29. The monoisotopic (exact) mass is 323 g/mol. The van der Waals surface area contributed by atoms with Crippen LogP contribution in [-0.2, 0) is 4.79 Å². The van der Waals surface area contributed by atoms with Crippen LogP contribution in [-0.4, -0.2) is 12.5 Å². The van der Waals surface area contributed by atoms with E-state index >= 15 is 0 Å². The summed E-state index contributed by atoms with van der Waals surface area (Å²) in [5.74, 6) is 0.826. The Kier molecular flexibility index (Phi) is 5.65. The maximum absolute atomic E-state index is 12.0. The molecule has 0 radical (unpaired) electrons. The molecule has 21 heavy (non-hydrogen) atoms. The van der Waals surface area contributed by atoms with Gasteiger partial charge in [-0.2, -0.15) is 0 Å². The molecule has 0 aliphatic heterocycles. The van der Waals surface area contributed by atoms with Crippen molar-refractivity contribution < 1.29 is 9.53 Å². The van der Waals surface area contributed by atoms with Crippen molar-refractivity contribution in [2.24, 2.45) is 5.92 Å². The fraction of sp³-hybridized carbons (Fsp3) is 0.312. The summed E-state index contributed by atoms with van der Waals surface area (Å²) in [6.07, 6.45) is 0. The molecule has 2 rings (SSSR count). The minimum absolute atomic E-state index is 0.00374. The standard InChI is InChI=1S/C16H18ClNO2S/c1-11(2)16(14-4-3-9-21-14)18-15(19)10-20-13-7-5-12(17)6-8-13/h3-9,11,16H,10H2,1-2H3,(H,18,19)/t16-/m0/s1. The molecule has 1 heterocycles. The van der Waals surface area contributed by atoms with Crippen molar-refractivity contribution in [2.75, 3.05) is 6.61 Å². The Hall–Kier alpha value is -1.52. The molecule has 0 saturated heterocycles. The number of carbonyl (C=O) groups excluding carboxylic acids is 1. The second kappa shape index (κ2) is 7.48. The van der Waals surface area contributed by atoms with Gasteiger partial charge in [0, 0.05) is 9.90 Å². The number of amides is 1. The van der Waals surface area contributed by atoms with Crippen LogP contribution >= 0.6 is 22.9 Å². The van der Waals surface area contributed by atoms with Gasteiger partial charge in [-0.1, -0.05) is 31.5 Å². The maximum Gasteiger partial charge on any atom is 0.258 e. The average Bonchev–Trinajstić information content (AvgIpc) is 2.97. The van der Waals surface area contributed by atoms with Gasteiger partial charge >= 0.3 is 0 Å². The van der Waals surface area contributed by atoms with E-state index in [0.717, 1.165) is 4.88 Å². The molecule has 5 heteroatoms. The molecule has 0 aliphatic carbocycles. The summed E-state index contributed by atoms with van der Waals surface area (Å²) in [4.78, 5) is 13.2. The highest BCUT2D eigenvalue weighted by molar-refractivity contribution is 7.10. The van der Waals surface area contributed by atoms with Crippen molar-refractivity contribution >= 4 is 28.8 Å². The van der Waals surface area contributed by atoms with Gasteiger partial charge in [-0.3, -0.25) is 4.79 Å². The Bertz CT molecular complexity index is 566. The Morgan fingerprint density at radius 2 is 2.00 bits per heavy atom. The number of benzene rings is 1. The van der Waals surface area contributed by atoms with E-state index in [4.69, 9.17) is 16.3 Å². The van der Waals surface area contributed by atoms with Crippen LogP contribution in [0.1, 0.15) is 24.8 Å². The lowest BCUT2D eigenvalue weighted by molar-refractivity contribution is -0.124. The second-order valence-electron chi connectivity index (χ2n) is 5.05. The molecule has 0 saturated carbocycles. The Morgan fingerprint density at radius 1 is 1.29 bits per heavy atom. The highest BCUT2D eigenvalue weighted by Gasteiger charge is 2.19. The Balaban J connectivity index is 1.89. The van der Waals surface area contributed by atoms with Crippen LogP contribution in [0.5, 0.6) is 5.75 Å². The van der Waals surface area contributed by atoms with Crippen molar-refractivity contribution in [1.82, 2.24) is 5.32 Å². The number of hydrogen-bond donors (Lipinski definition) is 1. The van der Waals surface area contributed by atoms with E-state index in [1.165, 1.54) is 0 Å². The van der Waals surface area contributed by atoms with E-state index in [1.807, 2.05) is 17.5 Å². The normalized spacial score (nSPS) is 12.2. The largest absolute Gasteiger partial charge is 0.484 e. The van der Waals surface area contributed by atoms with Crippen molar-refractivity contribution in [2.45, 2.75) is 19.9 Å². The number of rotatable bonds is 6. The van der Waals surface area contributed by atoms with Gasteiger partial charge in [0.15, 0.2) is 6.61 Å². The van der Waals surface area contributed by atoms with Crippen LogP contribution < -0.4 is 10.1 Å². The van der Waals surface area contributed by atoms with E-state index in [2.05, 4.69) is 19.2 Å². The first kappa shape index (κ1) is 15.9. The zero-order valence-corrected chi connectivity index (χ0v) is 13.6. The van der Waals surface area contributed by atoms with Crippen LogP contribution in [0.3, 0.4) is 0 Å². The van der Waals surface area contributed by atoms with E-state index in [-0.39, 0.29) is 18.6 Å². The van der Waals surface area contributed by atoms with Gasteiger partial charge < -0.3 is 10.1 Å². The molecule has 0 fully saturated rings. The van der Waals surface area contributed by atoms with Gasteiger partial charge in [0.05, 0.1) is 6.04 Å². The molecule has 1 amide bonds. The van der Waals surface area contributed by atoms with Gasteiger partial charge in [0.1, 0.15) is 5.75 Å². The van der Waals surface area contributed by atoms with Gasteiger partial charge in [0.2, 0.25) is 0 Å². The SMILES string of the molecule is CC(C)[C@H](NC(=O)COc1ccc(Cl)cc1)c1cccs1. The first-order valence-electron chi connectivity index (χ1n) is 6.77. The van der Waals surface area contributed by atoms with Gasteiger partial charge in [0.25, 0.3) is 5.91 Å². The van der Waals surface area contributed by atoms with Crippen LogP contribution in [0.4, 0.5) is 0 Å². The summed E-state index contributed by atoms with van der Waals surface area (Å²) in [5, 5.41) is 5.68. The van der Waals surface area contributed by atoms with Crippen LogP contribution in [0.2, 0.25) is 5.02 Å². The molecular weight excluding hydrogens is 306 g/mol. The lowest BCUT2D eigenvalue weighted by atomic mass is 10.0. The molecular formula is C16H18ClNO2S. The summed E-state index contributed by atoms with van der Waals surface area (Å²) in [7, 11) is 0. The highest BCUT2D eigenvalue weighted by Crippen LogP contribution is 2.25. The summed E-state index contributed by atoms with van der Waals surface area (Å²) in [6.45, 7) is 4.17. The van der Waals surface area contributed by atoms with Crippen molar-refractivity contribution in [3.63, 3.8) is 0 Å². The molecule has 2 aromatic rings. The molecule has 112 valence electrons. The number of carbonyl (C=O) groups is 1. The first-order chi connectivity index (χ1) is 10.1. The number of ether oxygens (including phenoxy) is 1. The van der Waals surface area contributed by atoms with Gasteiger partial charge in [-0.25, -0.2) is 0 Å². The lowest BCUT2D eigenvalue weighted by Gasteiger charge is -2.21. The zero-order valence-electron chi connectivity index (χ0n) is 12.0. The third-order valence-corrected chi connectivity index (χ3v) is 4.22. The summed E-state index contributed by atoms with van der Waals surface area (Å²) in [6, 6.07) is 11.0. The number of halogens is 1. The van der Waals surface area contributed by atoms with E-state index in [1.54, 1.807) is 35.6 Å². The third-order valence-electron chi connectivity index (χ3n) is 3.02.